The van der Waals surface area contributed by atoms with Gasteiger partial charge in [-0.1, -0.05) is 0 Å². The molecule has 0 unspecified atom stereocenters. The molecule has 0 saturated carbocycles. The Kier molecular flexibility index (Phi) is 5.64. The molecule has 0 aliphatic carbocycles. The van der Waals surface area contributed by atoms with Crippen molar-refractivity contribution < 1.29 is 5.11 Å². The molecule has 0 aromatic rings. The van der Waals surface area contributed by atoms with Gasteiger partial charge in [0.2, 0.25) is 0 Å². The highest BCUT2D eigenvalue weighted by Gasteiger charge is 2.03. The summed E-state index contributed by atoms with van der Waals surface area (Å²) in [5.41, 5.74) is 0. The Morgan fingerprint density at radius 1 is 1.20 bits per heavy atom. The zero-order chi connectivity index (χ0) is 7.98. The van der Waals surface area contributed by atoms with Crippen LogP contribution in [0.2, 0.25) is 0 Å². The lowest BCUT2D eigenvalue weighted by atomic mass is 10.4. The molecule has 0 amide bonds. The van der Waals surface area contributed by atoms with Crippen molar-refractivity contribution in [3.05, 3.63) is 0 Å². The van der Waals surface area contributed by atoms with Gasteiger partial charge in [0.25, 0.3) is 0 Å². The standard InChI is InChI=1S/C5H11N.C3H8O/c1-6-4-2-3-5-6;1-3(2)4/h2-5H2,1H3;3-4H,1-2H3. The predicted octanol–water partition coefficient (Wildman–Crippen LogP) is 1.10. The second-order valence-corrected chi connectivity index (χ2v) is 3.10. The van der Waals surface area contributed by atoms with Gasteiger partial charge in [-0.25, -0.2) is 0 Å². The summed E-state index contributed by atoms with van der Waals surface area (Å²) in [4.78, 5) is 2.36. The van der Waals surface area contributed by atoms with Crippen LogP contribution in [-0.2, 0) is 0 Å². The van der Waals surface area contributed by atoms with Gasteiger partial charge in [-0.2, -0.15) is 0 Å². The molecule has 1 saturated heterocycles. The first kappa shape index (κ1) is 9.92. The molecule has 1 aliphatic heterocycles. The summed E-state index contributed by atoms with van der Waals surface area (Å²) in [5, 5.41) is 8.06. The molecule has 1 aliphatic rings. The Bertz CT molecular complexity index is 64.9. The van der Waals surface area contributed by atoms with Crippen LogP contribution in [0.25, 0.3) is 0 Å². The van der Waals surface area contributed by atoms with E-state index in [1.807, 2.05) is 0 Å². The van der Waals surface area contributed by atoms with Crippen molar-refractivity contribution in [2.45, 2.75) is 32.8 Å². The van der Waals surface area contributed by atoms with Crippen molar-refractivity contribution >= 4 is 0 Å². The summed E-state index contributed by atoms with van der Waals surface area (Å²) in [5.74, 6) is 0. The van der Waals surface area contributed by atoms with Crippen molar-refractivity contribution in [3.63, 3.8) is 0 Å². The van der Waals surface area contributed by atoms with E-state index in [1.54, 1.807) is 13.8 Å². The van der Waals surface area contributed by atoms with Crippen LogP contribution in [0, 0.1) is 0 Å². The van der Waals surface area contributed by atoms with Gasteiger partial charge in [0.1, 0.15) is 0 Å². The van der Waals surface area contributed by atoms with Crippen LogP contribution in [0.1, 0.15) is 26.7 Å². The van der Waals surface area contributed by atoms with Crippen LogP contribution < -0.4 is 0 Å². The van der Waals surface area contributed by atoms with Crippen LogP contribution in [0.3, 0.4) is 0 Å². The molecule has 10 heavy (non-hydrogen) atoms. The number of aliphatic hydroxyl groups excluding tert-OH is 1. The Hall–Kier alpha value is -0.0800. The lowest BCUT2D eigenvalue weighted by molar-refractivity contribution is 0.216. The number of nitrogens with zero attached hydrogens (tertiary/aromatic N) is 1. The van der Waals surface area contributed by atoms with Gasteiger partial charge >= 0.3 is 0 Å². The number of rotatable bonds is 0. The first-order chi connectivity index (χ1) is 4.63. The van der Waals surface area contributed by atoms with Crippen molar-refractivity contribution in [2.75, 3.05) is 20.1 Å². The Balaban J connectivity index is 0.000000180. The monoisotopic (exact) mass is 145 g/mol. The Morgan fingerprint density at radius 2 is 1.50 bits per heavy atom. The fraction of sp³-hybridized carbons (Fsp3) is 1.00. The normalized spacial score (nSPS) is 18.9. The maximum atomic E-state index is 8.06. The molecule has 0 bridgehead atoms. The molecule has 0 spiro atoms. The third kappa shape index (κ3) is 7.92. The molecule has 1 heterocycles. The molecule has 62 valence electrons. The maximum Gasteiger partial charge on any atom is 0.0483 e. The summed E-state index contributed by atoms with van der Waals surface area (Å²) in [6.45, 7) is 6.08. The highest BCUT2D eigenvalue weighted by Crippen LogP contribution is 2.01. The fourth-order valence-corrected chi connectivity index (χ4v) is 0.875. The zero-order valence-corrected chi connectivity index (χ0v) is 7.30. The highest BCUT2D eigenvalue weighted by atomic mass is 16.3. The van der Waals surface area contributed by atoms with Gasteiger partial charge in [0, 0.05) is 6.10 Å². The summed E-state index contributed by atoms with van der Waals surface area (Å²) in [6.07, 6.45) is 2.66. The fourth-order valence-electron chi connectivity index (χ4n) is 0.875. The lowest BCUT2D eigenvalue weighted by Crippen LogP contribution is -2.10. The average Bonchev–Trinajstić information content (AvgIpc) is 2.15. The van der Waals surface area contributed by atoms with E-state index in [0.29, 0.717) is 0 Å². The smallest absolute Gasteiger partial charge is 0.0483 e. The van der Waals surface area contributed by atoms with Crippen molar-refractivity contribution in [1.82, 2.24) is 4.90 Å². The molecule has 0 aromatic carbocycles. The summed E-state index contributed by atoms with van der Waals surface area (Å²) in [6, 6.07) is 0. The van der Waals surface area contributed by atoms with E-state index in [1.165, 1.54) is 25.9 Å². The SMILES string of the molecule is CC(C)O.CN1CCCC1. The summed E-state index contributed by atoms with van der Waals surface area (Å²) < 4.78 is 0. The topological polar surface area (TPSA) is 23.5 Å². The van der Waals surface area contributed by atoms with Crippen LogP contribution in [0.15, 0.2) is 0 Å². The minimum atomic E-state index is -0.167. The lowest BCUT2D eigenvalue weighted by Gasteiger charge is -2.01. The van der Waals surface area contributed by atoms with Gasteiger partial charge in [0.15, 0.2) is 0 Å². The van der Waals surface area contributed by atoms with E-state index in [-0.39, 0.29) is 6.10 Å². The Labute approximate surface area is 63.8 Å². The van der Waals surface area contributed by atoms with Gasteiger partial charge in [-0.3, -0.25) is 0 Å². The minimum absolute atomic E-state index is 0.167. The molecule has 2 nitrogen and oxygen atoms in total. The minimum Gasteiger partial charge on any atom is -0.394 e. The number of aliphatic hydroxyl groups is 1. The number of likely N-dealkylation sites (tertiary alicyclic amines) is 1. The molecular formula is C8H19NO. The second-order valence-electron chi connectivity index (χ2n) is 3.10. The van der Waals surface area contributed by atoms with Crippen molar-refractivity contribution in [2.24, 2.45) is 0 Å². The molecule has 0 atom stereocenters. The predicted molar refractivity (Wildman–Crippen MR) is 44.1 cm³/mol. The quantitative estimate of drug-likeness (QED) is 0.551. The van der Waals surface area contributed by atoms with Crippen LogP contribution in [-0.4, -0.2) is 36.2 Å². The summed E-state index contributed by atoms with van der Waals surface area (Å²) in [7, 11) is 2.17. The first-order valence-corrected chi connectivity index (χ1v) is 3.99. The average molecular weight is 145 g/mol. The molecule has 0 radical (unpaired) electrons. The van der Waals surface area contributed by atoms with Crippen LogP contribution >= 0.6 is 0 Å². The van der Waals surface area contributed by atoms with E-state index < -0.39 is 0 Å². The maximum absolute atomic E-state index is 8.06. The van der Waals surface area contributed by atoms with E-state index in [9.17, 15) is 0 Å². The first-order valence-electron chi connectivity index (χ1n) is 3.99. The molecule has 2 heteroatoms. The van der Waals surface area contributed by atoms with Crippen molar-refractivity contribution in [1.29, 1.82) is 0 Å². The molecular weight excluding hydrogens is 126 g/mol. The highest BCUT2D eigenvalue weighted by molar-refractivity contribution is 4.59. The van der Waals surface area contributed by atoms with Crippen LogP contribution in [0.4, 0.5) is 0 Å². The molecule has 1 N–H and O–H groups in total. The zero-order valence-electron chi connectivity index (χ0n) is 7.30. The number of hydrogen-bond acceptors (Lipinski definition) is 2. The van der Waals surface area contributed by atoms with E-state index in [4.69, 9.17) is 5.11 Å². The molecule has 1 fully saturated rings. The van der Waals surface area contributed by atoms with Crippen LogP contribution in [0.5, 0.6) is 0 Å². The van der Waals surface area contributed by atoms with Gasteiger partial charge in [-0.15, -0.1) is 0 Å². The van der Waals surface area contributed by atoms with E-state index >= 15 is 0 Å². The third-order valence-corrected chi connectivity index (χ3v) is 1.33. The molecule has 1 rings (SSSR count). The van der Waals surface area contributed by atoms with E-state index in [0.717, 1.165) is 0 Å². The van der Waals surface area contributed by atoms with Gasteiger partial charge < -0.3 is 10.0 Å². The van der Waals surface area contributed by atoms with Gasteiger partial charge in [-0.05, 0) is 46.8 Å². The summed E-state index contributed by atoms with van der Waals surface area (Å²) >= 11 is 0. The largest absolute Gasteiger partial charge is 0.394 e. The molecule has 0 aromatic heterocycles. The van der Waals surface area contributed by atoms with Crippen molar-refractivity contribution in [3.8, 4) is 0 Å². The second kappa shape index (κ2) is 5.69. The van der Waals surface area contributed by atoms with E-state index in [2.05, 4.69) is 11.9 Å². The number of hydrogen-bond donors (Lipinski definition) is 1. The third-order valence-electron chi connectivity index (χ3n) is 1.33. The van der Waals surface area contributed by atoms with Gasteiger partial charge in [0.05, 0.1) is 0 Å². The Morgan fingerprint density at radius 3 is 1.60 bits per heavy atom.